The molecular formula is C15H12BrClFNO2. The molecule has 0 aromatic heterocycles. The van der Waals surface area contributed by atoms with Gasteiger partial charge in [-0.2, -0.15) is 0 Å². The van der Waals surface area contributed by atoms with Gasteiger partial charge in [-0.05, 0) is 65.3 Å². The smallest absolute Gasteiger partial charge is 0.265 e. The fraction of sp³-hybridized carbons (Fsp3) is 0.133. The number of carbonyl (C=O) groups is 1. The summed E-state index contributed by atoms with van der Waals surface area (Å²) in [6.07, 6.45) is -0.724. The third kappa shape index (κ3) is 4.44. The zero-order valence-electron chi connectivity index (χ0n) is 11.1. The van der Waals surface area contributed by atoms with Gasteiger partial charge in [0.15, 0.2) is 6.10 Å². The summed E-state index contributed by atoms with van der Waals surface area (Å²) in [4.78, 5) is 12.0. The number of carbonyl (C=O) groups excluding carboxylic acids is 1. The summed E-state index contributed by atoms with van der Waals surface area (Å²) in [7, 11) is 0. The molecule has 21 heavy (non-hydrogen) atoms. The van der Waals surface area contributed by atoms with Crippen LogP contribution in [0.4, 0.5) is 10.1 Å². The Bertz CT molecular complexity index is 649. The van der Waals surface area contributed by atoms with E-state index in [1.807, 2.05) is 0 Å². The van der Waals surface area contributed by atoms with E-state index in [4.69, 9.17) is 16.3 Å². The van der Waals surface area contributed by atoms with Crippen molar-refractivity contribution in [3.05, 3.63) is 57.8 Å². The van der Waals surface area contributed by atoms with Gasteiger partial charge in [-0.3, -0.25) is 4.79 Å². The molecule has 1 atom stereocenters. The van der Waals surface area contributed by atoms with Crippen LogP contribution < -0.4 is 10.1 Å². The van der Waals surface area contributed by atoms with Gasteiger partial charge in [-0.1, -0.05) is 11.6 Å². The Labute approximate surface area is 135 Å². The van der Waals surface area contributed by atoms with Gasteiger partial charge in [0.25, 0.3) is 5.91 Å². The Morgan fingerprint density at radius 1 is 1.29 bits per heavy atom. The number of rotatable bonds is 4. The summed E-state index contributed by atoms with van der Waals surface area (Å²) >= 11 is 9.23. The number of halogens is 3. The molecule has 0 spiro atoms. The van der Waals surface area contributed by atoms with Crippen LogP contribution in [0.3, 0.4) is 0 Å². The molecule has 2 aromatic carbocycles. The molecule has 3 nitrogen and oxygen atoms in total. The maximum Gasteiger partial charge on any atom is 0.265 e. The standard InChI is InChI=1S/C15H12BrClFNO2/c1-9(21-12-5-2-10(18)3-6-12)15(20)19-11-4-7-13(16)14(17)8-11/h2-9H,1H3,(H,19,20)/t9-/m1/s1. The maximum absolute atomic E-state index is 12.8. The van der Waals surface area contributed by atoms with Gasteiger partial charge in [0.05, 0.1) is 5.02 Å². The third-order valence-corrected chi connectivity index (χ3v) is 3.92. The number of hydrogen-bond acceptors (Lipinski definition) is 2. The predicted molar refractivity (Wildman–Crippen MR) is 84.3 cm³/mol. The highest BCUT2D eigenvalue weighted by Crippen LogP contribution is 2.25. The van der Waals surface area contributed by atoms with Crippen molar-refractivity contribution < 1.29 is 13.9 Å². The van der Waals surface area contributed by atoms with Gasteiger partial charge in [0.2, 0.25) is 0 Å². The van der Waals surface area contributed by atoms with Crippen LogP contribution >= 0.6 is 27.5 Å². The van der Waals surface area contributed by atoms with Crippen molar-refractivity contribution in [2.45, 2.75) is 13.0 Å². The highest BCUT2D eigenvalue weighted by Gasteiger charge is 2.15. The summed E-state index contributed by atoms with van der Waals surface area (Å²) in [6.45, 7) is 1.61. The lowest BCUT2D eigenvalue weighted by molar-refractivity contribution is -0.122. The van der Waals surface area contributed by atoms with Crippen molar-refractivity contribution in [3.8, 4) is 5.75 Å². The van der Waals surface area contributed by atoms with Crippen LogP contribution in [0.2, 0.25) is 5.02 Å². The maximum atomic E-state index is 12.8. The Balaban J connectivity index is 1.98. The van der Waals surface area contributed by atoms with Crippen LogP contribution in [0.15, 0.2) is 46.9 Å². The van der Waals surface area contributed by atoms with Crippen molar-refractivity contribution in [1.82, 2.24) is 0 Å². The Hall–Kier alpha value is -1.59. The molecule has 110 valence electrons. The summed E-state index contributed by atoms with van der Waals surface area (Å²) in [5, 5.41) is 3.20. The fourth-order valence-electron chi connectivity index (χ4n) is 1.59. The van der Waals surface area contributed by atoms with E-state index in [0.29, 0.717) is 16.5 Å². The normalized spacial score (nSPS) is 11.8. The summed E-state index contributed by atoms with van der Waals surface area (Å²) < 4.78 is 19.0. The first-order chi connectivity index (χ1) is 9.95. The molecule has 0 fully saturated rings. The third-order valence-electron chi connectivity index (χ3n) is 2.68. The van der Waals surface area contributed by atoms with Gasteiger partial charge in [0.1, 0.15) is 11.6 Å². The van der Waals surface area contributed by atoms with Gasteiger partial charge in [-0.15, -0.1) is 0 Å². The topological polar surface area (TPSA) is 38.3 Å². The molecule has 0 aliphatic rings. The largest absolute Gasteiger partial charge is 0.481 e. The minimum atomic E-state index is -0.724. The Kier molecular flexibility index (Phi) is 5.20. The minimum absolute atomic E-state index is 0.322. The highest BCUT2D eigenvalue weighted by atomic mass is 79.9. The number of ether oxygens (including phenoxy) is 1. The number of anilines is 1. The summed E-state index contributed by atoms with van der Waals surface area (Å²) in [6, 6.07) is 10.6. The molecule has 6 heteroatoms. The molecule has 0 bridgehead atoms. The molecule has 0 heterocycles. The van der Waals surface area contributed by atoms with Crippen LogP contribution in [-0.4, -0.2) is 12.0 Å². The number of hydrogen-bond donors (Lipinski definition) is 1. The zero-order chi connectivity index (χ0) is 15.4. The molecule has 2 rings (SSSR count). The fourth-order valence-corrected chi connectivity index (χ4v) is 2.02. The Morgan fingerprint density at radius 2 is 1.95 bits per heavy atom. The van der Waals surface area contributed by atoms with Crippen molar-refractivity contribution in [3.63, 3.8) is 0 Å². The number of benzene rings is 2. The molecular weight excluding hydrogens is 361 g/mol. The van der Waals surface area contributed by atoms with Crippen molar-refractivity contribution in [1.29, 1.82) is 0 Å². The molecule has 0 saturated carbocycles. The average Bonchev–Trinajstić information content (AvgIpc) is 2.45. The second-order valence-electron chi connectivity index (χ2n) is 4.33. The van der Waals surface area contributed by atoms with E-state index >= 15 is 0 Å². The molecule has 0 saturated heterocycles. The second-order valence-corrected chi connectivity index (χ2v) is 5.59. The van der Waals surface area contributed by atoms with Crippen molar-refractivity contribution >= 4 is 39.1 Å². The molecule has 1 amide bonds. The lowest BCUT2D eigenvalue weighted by Gasteiger charge is -2.15. The van der Waals surface area contributed by atoms with Crippen LogP contribution in [0.5, 0.6) is 5.75 Å². The summed E-state index contributed by atoms with van der Waals surface area (Å²) in [5.41, 5.74) is 0.572. The number of nitrogens with one attached hydrogen (secondary N) is 1. The van der Waals surface area contributed by atoms with Crippen molar-refractivity contribution in [2.24, 2.45) is 0 Å². The van der Waals surface area contributed by atoms with E-state index in [-0.39, 0.29) is 11.7 Å². The molecule has 1 N–H and O–H groups in total. The van der Waals surface area contributed by atoms with Gasteiger partial charge < -0.3 is 10.1 Å². The summed E-state index contributed by atoms with van der Waals surface area (Å²) in [5.74, 6) is -0.255. The first-order valence-electron chi connectivity index (χ1n) is 6.14. The van der Waals surface area contributed by atoms with Crippen LogP contribution in [0, 0.1) is 5.82 Å². The minimum Gasteiger partial charge on any atom is -0.481 e. The van der Waals surface area contributed by atoms with E-state index in [2.05, 4.69) is 21.2 Å². The van der Waals surface area contributed by atoms with E-state index in [1.165, 1.54) is 24.3 Å². The molecule has 0 unspecified atom stereocenters. The van der Waals surface area contributed by atoms with E-state index in [0.717, 1.165) is 4.47 Å². The van der Waals surface area contributed by atoms with Gasteiger partial charge in [0, 0.05) is 10.2 Å². The van der Waals surface area contributed by atoms with Gasteiger partial charge in [-0.25, -0.2) is 4.39 Å². The Morgan fingerprint density at radius 3 is 2.57 bits per heavy atom. The highest BCUT2D eigenvalue weighted by molar-refractivity contribution is 9.10. The lowest BCUT2D eigenvalue weighted by Crippen LogP contribution is -2.30. The molecule has 0 aliphatic heterocycles. The molecule has 0 radical (unpaired) electrons. The molecule has 2 aromatic rings. The first-order valence-corrected chi connectivity index (χ1v) is 7.31. The number of amides is 1. The van der Waals surface area contributed by atoms with Crippen molar-refractivity contribution in [2.75, 3.05) is 5.32 Å². The van der Waals surface area contributed by atoms with E-state index in [9.17, 15) is 9.18 Å². The second kappa shape index (κ2) is 6.91. The van der Waals surface area contributed by atoms with Gasteiger partial charge >= 0.3 is 0 Å². The molecule has 0 aliphatic carbocycles. The van der Waals surface area contributed by atoms with Crippen LogP contribution in [0.25, 0.3) is 0 Å². The predicted octanol–water partition coefficient (Wildman–Crippen LogP) is 4.65. The van der Waals surface area contributed by atoms with E-state index in [1.54, 1.807) is 25.1 Å². The average molecular weight is 373 g/mol. The van der Waals surface area contributed by atoms with Crippen LogP contribution in [-0.2, 0) is 4.79 Å². The zero-order valence-corrected chi connectivity index (χ0v) is 13.4. The monoisotopic (exact) mass is 371 g/mol. The van der Waals surface area contributed by atoms with E-state index < -0.39 is 6.10 Å². The quantitative estimate of drug-likeness (QED) is 0.848. The first kappa shape index (κ1) is 15.8. The van der Waals surface area contributed by atoms with Crippen LogP contribution in [0.1, 0.15) is 6.92 Å². The lowest BCUT2D eigenvalue weighted by atomic mass is 10.3. The SMILES string of the molecule is C[C@@H](Oc1ccc(F)cc1)C(=O)Nc1ccc(Br)c(Cl)c1.